The van der Waals surface area contributed by atoms with Crippen LogP contribution in [0.25, 0.3) is 22.0 Å². The lowest BCUT2D eigenvalue weighted by atomic mass is 10.1. The van der Waals surface area contributed by atoms with Gasteiger partial charge in [0.1, 0.15) is 11.3 Å². The first kappa shape index (κ1) is 20.8. The van der Waals surface area contributed by atoms with E-state index in [0.29, 0.717) is 18.5 Å². The van der Waals surface area contributed by atoms with Gasteiger partial charge in [0, 0.05) is 61.5 Å². The number of rotatable bonds is 5. The molecular weight excluding hydrogens is 407 g/mol. The summed E-state index contributed by atoms with van der Waals surface area (Å²) < 4.78 is 25.4. The number of nitrogens with one attached hydrogen (secondary N) is 1. The number of oxazole rings is 1. The van der Waals surface area contributed by atoms with Crippen molar-refractivity contribution in [1.82, 2.24) is 9.97 Å². The smallest absolute Gasteiger partial charge is 0.298 e. The number of halogens is 1. The molecule has 1 saturated heterocycles. The van der Waals surface area contributed by atoms with Crippen LogP contribution in [0.4, 0.5) is 16.1 Å². The minimum absolute atomic E-state index is 0.204. The lowest BCUT2D eigenvalue weighted by molar-refractivity contribution is 0.129. The highest BCUT2D eigenvalue weighted by molar-refractivity contribution is 5.84. The zero-order valence-electron chi connectivity index (χ0n) is 18.8. The van der Waals surface area contributed by atoms with Gasteiger partial charge < -0.3 is 23.9 Å². The summed E-state index contributed by atoms with van der Waals surface area (Å²) in [5, 5.41) is 0.950. The van der Waals surface area contributed by atoms with Crippen LogP contribution < -0.4 is 9.80 Å². The average molecular weight is 437 g/mol. The van der Waals surface area contributed by atoms with Crippen molar-refractivity contribution < 1.29 is 13.5 Å². The van der Waals surface area contributed by atoms with E-state index in [0.717, 1.165) is 71.6 Å². The van der Waals surface area contributed by atoms with E-state index in [-0.39, 0.29) is 5.82 Å². The predicted octanol–water partition coefficient (Wildman–Crippen LogP) is 4.91. The summed E-state index contributed by atoms with van der Waals surface area (Å²) in [4.78, 5) is 12.5. The van der Waals surface area contributed by atoms with Gasteiger partial charge in [-0.3, -0.25) is 0 Å². The van der Waals surface area contributed by atoms with Crippen molar-refractivity contribution in [3.05, 3.63) is 53.5 Å². The van der Waals surface area contributed by atoms with E-state index in [2.05, 4.69) is 40.9 Å². The Morgan fingerprint density at radius 3 is 3.00 bits per heavy atom. The fourth-order valence-corrected chi connectivity index (χ4v) is 4.44. The zero-order valence-corrected chi connectivity index (χ0v) is 18.8. The van der Waals surface area contributed by atoms with Crippen molar-refractivity contribution in [2.75, 3.05) is 49.7 Å². The maximum absolute atomic E-state index is 13.6. The van der Waals surface area contributed by atoms with Crippen molar-refractivity contribution >= 4 is 33.7 Å². The summed E-state index contributed by atoms with van der Waals surface area (Å²) >= 11 is 0. The monoisotopic (exact) mass is 436 g/mol. The molecule has 32 heavy (non-hydrogen) atoms. The van der Waals surface area contributed by atoms with Gasteiger partial charge in [-0.1, -0.05) is 6.92 Å². The van der Waals surface area contributed by atoms with Crippen LogP contribution in [-0.2, 0) is 11.2 Å². The van der Waals surface area contributed by atoms with Gasteiger partial charge in [0.15, 0.2) is 5.58 Å². The first-order valence-electron chi connectivity index (χ1n) is 11.2. The molecule has 0 saturated carbocycles. The van der Waals surface area contributed by atoms with E-state index >= 15 is 0 Å². The number of H-pyrrole nitrogens is 1. The Balaban J connectivity index is 1.31. The highest BCUT2D eigenvalue weighted by Gasteiger charge is 2.20. The summed E-state index contributed by atoms with van der Waals surface area (Å²) in [7, 11) is 2.07. The number of aryl methyl sites for hydroxylation is 1. The quantitative estimate of drug-likeness (QED) is 0.482. The Labute approximate surface area is 187 Å². The second-order valence-electron chi connectivity index (χ2n) is 8.86. The molecule has 0 radical (unpaired) electrons. The number of likely N-dealkylation sites (N-methyl/N-ethyl adjacent to an activating group) is 1. The number of hydrogen-bond acceptors (Lipinski definition) is 5. The number of fused-ring (bicyclic) bond motifs is 2. The molecule has 1 N–H and O–H groups in total. The number of hydrogen-bond donors (Lipinski definition) is 1. The number of nitrogens with zero attached hydrogens (tertiary/aromatic N) is 3. The molecule has 7 heteroatoms. The van der Waals surface area contributed by atoms with Crippen molar-refractivity contribution in [2.24, 2.45) is 5.92 Å². The molecule has 5 rings (SSSR count). The van der Waals surface area contributed by atoms with E-state index in [1.54, 1.807) is 12.1 Å². The summed E-state index contributed by atoms with van der Waals surface area (Å²) in [5.74, 6) is 0.240. The molecule has 1 unspecified atom stereocenters. The maximum atomic E-state index is 13.6. The van der Waals surface area contributed by atoms with Crippen LogP contribution >= 0.6 is 0 Å². The molecule has 3 heterocycles. The topological polar surface area (TPSA) is 57.5 Å². The first-order chi connectivity index (χ1) is 15.5. The Morgan fingerprint density at radius 2 is 2.12 bits per heavy atom. The molecule has 4 aromatic rings. The Morgan fingerprint density at radius 1 is 1.25 bits per heavy atom. The molecule has 6 nitrogen and oxygen atoms in total. The minimum Gasteiger partial charge on any atom is -0.423 e. The highest BCUT2D eigenvalue weighted by Crippen LogP contribution is 2.28. The standard InChI is InChI=1S/C25H29FN4O2/c1-16-14-30(10-11-31-15-16)25-28-23-7-5-19(13-24(23)32-25)29(3)9-8-21-17(2)20-12-18(26)4-6-22(20)27-21/h4-7,12-13,16,27H,8-11,14-15H2,1-3H3. The van der Waals surface area contributed by atoms with Gasteiger partial charge in [-0.15, -0.1) is 0 Å². The van der Waals surface area contributed by atoms with Crippen LogP contribution in [0.1, 0.15) is 18.2 Å². The molecule has 0 aliphatic carbocycles. The molecule has 168 valence electrons. The molecule has 1 atom stereocenters. The largest absolute Gasteiger partial charge is 0.423 e. The van der Waals surface area contributed by atoms with Gasteiger partial charge in [0.05, 0.1) is 13.2 Å². The van der Waals surface area contributed by atoms with Crippen LogP contribution in [0.5, 0.6) is 0 Å². The van der Waals surface area contributed by atoms with Crippen molar-refractivity contribution in [3.8, 4) is 0 Å². The second-order valence-corrected chi connectivity index (χ2v) is 8.86. The van der Waals surface area contributed by atoms with Gasteiger partial charge in [0.25, 0.3) is 6.01 Å². The first-order valence-corrected chi connectivity index (χ1v) is 11.2. The summed E-state index contributed by atoms with van der Waals surface area (Å²) in [6.07, 6.45) is 0.837. The van der Waals surface area contributed by atoms with Crippen molar-refractivity contribution in [3.63, 3.8) is 0 Å². The van der Waals surface area contributed by atoms with Crippen LogP contribution in [0, 0.1) is 18.7 Å². The molecule has 1 aliphatic rings. The Kier molecular flexibility index (Phi) is 5.51. The molecule has 2 aromatic heterocycles. The zero-order chi connectivity index (χ0) is 22.2. The van der Waals surface area contributed by atoms with Gasteiger partial charge in [-0.2, -0.15) is 4.98 Å². The van der Waals surface area contributed by atoms with Crippen LogP contribution in [0.2, 0.25) is 0 Å². The Bertz CT molecular complexity index is 1250. The van der Waals surface area contributed by atoms with Crippen molar-refractivity contribution in [1.29, 1.82) is 0 Å². The van der Waals surface area contributed by atoms with E-state index < -0.39 is 0 Å². The van der Waals surface area contributed by atoms with Gasteiger partial charge in [-0.05, 0) is 48.7 Å². The third-order valence-corrected chi connectivity index (χ3v) is 6.33. The molecule has 1 fully saturated rings. The van der Waals surface area contributed by atoms with Gasteiger partial charge >= 0.3 is 0 Å². The summed E-state index contributed by atoms with van der Waals surface area (Å²) in [6.45, 7) is 8.19. The fourth-order valence-electron chi connectivity index (χ4n) is 4.44. The summed E-state index contributed by atoms with van der Waals surface area (Å²) in [5.41, 5.74) is 5.96. The lowest BCUT2D eigenvalue weighted by Crippen LogP contribution is -2.29. The van der Waals surface area contributed by atoms with Crippen LogP contribution in [0.3, 0.4) is 0 Å². The normalized spacial score (nSPS) is 17.2. The van der Waals surface area contributed by atoms with Crippen molar-refractivity contribution in [2.45, 2.75) is 20.3 Å². The Hall–Kier alpha value is -3.06. The van der Waals surface area contributed by atoms with E-state index in [4.69, 9.17) is 14.1 Å². The van der Waals surface area contributed by atoms with E-state index in [1.165, 1.54) is 6.07 Å². The number of anilines is 2. The number of aromatic nitrogens is 2. The number of ether oxygens (including phenoxy) is 1. The van der Waals surface area contributed by atoms with Crippen LogP contribution in [-0.4, -0.2) is 49.9 Å². The van der Waals surface area contributed by atoms with E-state index in [1.807, 2.05) is 13.0 Å². The molecule has 0 bridgehead atoms. The molecule has 0 amide bonds. The van der Waals surface area contributed by atoms with Gasteiger partial charge in [-0.25, -0.2) is 4.39 Å². The summed E-state index contributed by atoms with van der Waals surface area (Å²) in [6, 6.07) is 11.7. The molecule has 1 aliphatic heterocycles. The predicted molar refractivity (Wildman–Crippen MR) is 126 cm³/mol. The minimum atomic E-state index is -0.204. The number of aromatic amines is 1. The van der Waals surface area contributed by atoms with Crippen LogP contribution in [0.15, 0.2) is 40.8 Å². The van der Waals surface area contributed by atoms with E-state index in [9.17, 15) is 4.39 Å². The average Bonchev–Trinajstić information content (AvgIpc) is 3.26. The maximum Gasteiger partial charge on any atom is 0.298 e. The third-order valence-electron chi connectivity index (χ3n) is 6.33. The lowest BCUT2D eigenvalue weighted by Gasteiger charge is -2.19. The third kappa shape index (κ3) is 4.05. The number of benzene rings is 2. The van der Waals surface area contributed by atoms with Gasteiger partial charge in [0.2, 0.25) is 0 Å². The molecule has 0 spiro atoms. The molecule has 2 aromatic carbocycles. The SMILES string of the molecule is Cc1c(CCN(C)c2ccc3nc(N4CCOCC(C)C4)oc3c2)[nH]c2ccc(F)cc12. The molecular formula is C25H29FN4O2. The second kappa shape index (κ2) is 8.47. The fraction of sp³-hybridized carbons (Fsp3) is 0.400. The highest BCUT2D eigenvalue weighted by atomic mass is 19.1.